The molecule has 13 nitrogen and oxygen atoms in total. The number of nitrogens with one attached hydrogen (secondary N) is 1. The van der Waals surface area contributed by atoms with Crippen molar-refractivity contribution in [1.29, 1.82) is 0 Å². The molecule has 1 heterocycles. The van der Waals surface area contributed by atoms with Gasteiger partial charge in [0.25, 0.3) is 5.91 Å². The van der Waals surface area contributed by atoms with Crippen LogP contribution in [0.25, 0.3) is 0 Å². The molecule has 4 N–H and O–H groups in total. The zero-order valence-electron chi connectivity index (χ0n) is 17.3. The number of phenolic OH excluding ortho intramolecular Hbond substituents is 2. The third kappa shape index (κ3) is 4.85. The number of likely N-dealkylation sites (tertiary alicyclic amines) is 1. The van der Waals surface area contributed by atoms with Gasteiger partial charge in [-0.05, 0) is 32.0 Å². The van der Waals surface area contributed by atoms with E-state index in [0.29, 0.717) is 5.01 Å². The Morgan fingerprint density at radius 1 is 1.31 bits per heavy atom. The largest absolute Gasteiger partial charge is 0.504 e. The van der Waals surface area contributed by atoms with Crippen molar-refractivity contribution in [3.8, 4) is 11.5 Å². The van der Waals surface area contributed by atoms with Crippen molar-refractivity contribution >= 4 is 34.6 Å². The highest BCUT2D eigenvalue weighted by molar-refractivity contribution is 7.74. The summed E-state index contributed by atoms with van der Waals surface area (Å²) >= 11 is 0. The lowest BCUT2D eigenvalue weighted by Crippen LogP contribution is -2.67. The Hall–Kier alpha value is -3.55. The van der Waals surface area contributed by atoms with Crippen molar-refractivity contribution in [2.45, 2.75) is 37.1 Å². The molecule has 0 saturated carbocycles. The van der Waals surface area contributed by atoms with Crippen molar-refractivity contribution in [3.05, 3.63) is 23.8 Å². The molecule has 0 radical (unpaired) electrons. The summed E-state index contributed by atoms with van der Waals surface area (Å²) in [7, 11) is -2.39. The first-order valence-electron chi connectivity index (χ1n) is 9.21. The quantitative estimate of drug-likeness (QED) is 0.146. The van der Waals surface area contributed by atoms with Crippen LogP contribution in [0.2, 0.25) is 0 Å². The number of rotatable bonds is 7. The van der Waals surface area contributed by atoms with Crippen molar-refractivity contribution in [1.82, 2.24) is 15.3 Å². The van der Waals surface area contributed by atoms with Crippen LogP contribution in [0, 0.1) is 0 Å². The van der Waals surface area contributed by atoms with E-state index in [9.17, 15) is 42.9 Å². The van der Waals surface area contributed by atoms with Gasteiger partial charge in [-0.1, -0.05) is 0 Å². The van der Waals surface area contributed by atoms with Gasteiger partial charge in [-0.15, -0.1) is 0 Å². The molecule has 1 aromatic rings. The van der Waals surface area contributed by atoms with Gasteiger partial charge in [0.05, 0.1) is 0 Å². The first-order chi connectivity index (χ1) is 14.8. The van der Waals surface area contributed by atoms with Crippen LogP contribution in [0.3, 0.4) is 0 Å². The van der Waals surface area contributed by atoms with E-state index in [0.717, 1.165) is 31.0 Å². The summed E-state index contributed by atoms with van der Waals surface area (Å²) in [6.07, 6.45) is -1.15. The summed E-state index contributed by atoms with van der Waals surface area (Å²) in [4.78, 5) is 49.0. The van der Waals surface area contributed by atoms with E-state index in [-0.39, 0.29) is 12.0 Å². The van der Waals surface area contributed by atoms with E-state index in [1.54, 1.807) is 6.92 Å². The summed E-state index contributed by atoms with van der Waals surface area (Å²) < 4.78 is 26.7. The average molecular weight is 473 g/mol. The number of carbonyl (C=O) groups excluding carboxylic acids is 3. The molecule has 3 atom stereocenters. The number of aliphatic carboxylic acids is 1. The lowest BCUT2D eigenvalue weighted by Gasteiger charge is -2.46. The van der Waals surface area contributed by atoms with Gasteiger partial charge < -0.3 is 25.0 Å². The molecule has 2 rings (SSSR count). The molecule has 3 amide bonds. The predicted octanol–water partition coefficient (Wildman–Crippen LogP) is -0.745. The van der Waals surface area contributed by atoms with Crippen molar-refractivity contribution in [3.63, 3.8) is 0 Å². The molecule has 1 fully saturated rings. The highest BCUT2D eigenvalue weighted by atomic mass is 32.2. The fourth-order valence-corrected chi connectivity index (χ4v) is 3.74. The Labute approximate surface area is 184 Å². The van der Waals surface area contributed by atoms with Gasteiger partial charge in [0.2, 0.25) is 5.91 Å². The molecule has 1 aliphatic rings. The van der Waals surface area contributed by atoms with Gasteiger partial charge in [-0.25, -0.2) is 23.0 Å². The van der Waals surface area contributed by atoms with E-state index in [1.807, 2.05) is 0 Å². The molecule has 176 valence electrons. The second-order valence-electron chi connectivity index (χ2n) is 7.47. The lowest BCUT2D eigenvalue weighted by molar-refractivity contribution is -0.163. The highest BCUT2D eigenvalue weighted by Gasteiger charge is 2.53. The molecular weight excluding hydrogens is 450 g/mol. The van der Waals surface area contributed by atoms with E-state index in [1.165, 1.54) is 6.07 Å². The molecule has 32 heavy (non-hydrogen) atoms. The van der Waals surface area contributed by atoms with E-state index >= 15 is 0 Å². The number of hydrazine groups is 1. The van der Waals surface area contributed by atoms with Crippen LogP contribution in [-0.2, 0) is 25.0 Å². The van der Waals surface area contributed by atoms with Crippen molar-refractivity contribution in [2.24, 2.45) is 0 Å². The second-order valence-corrected chi connectivity index (χ2v) is 9.00. The van der Waals surface area contributed by atoms with Gasteiger partial charge in [-0.3, -0.25) is 15.0 Å². The zero-order valence-corrected chi connectivity index (χ0v) is 18.2. The lowest BCUT2D eigenvalue weighted by atomic mass is 9.92. The normalized spacial score (nSPS) is 18.3. The summed E-state index contributed by atoms with van der Waals surface area (Å²) in [6, 6.07) is 0.893. The number of hydrogen-bond donors (Lipinski definition) is 5. The first-order valence-corrected chi connectivity index (χ1v) is 10.4. The van der Waals surface area contributed by atoms with Crippen LogP contribution in [0.5, 0.6) is 11.5 Å². The van der Waals surface area contributed by atoms with Crippen LogP contribution in [0.1, 0.15) is 30.6 Å². The third-order valence-electron chi connectivity index (χ3n) is 5.02. The van der Waals surface area contributed by atoms with Crippen LogP contribution in [-0.4, -0.2) is 88.0 Å². The van der Waals surface area contributed by atoms with Crippen molar-refractivity contribution in [2.75, 3.05) is 13.7 Å². The molecule has 14 heteroatoms. The van der Waals surface area contributed by atoms with E-state index in [2.05, 4.69) is 5.43 Å². The number of nitrogens with zero attached hydrogens (tertiary/aromatic N) is 2. The van der Waals surface area contributed by atoms with Crippen LogP contribution >= 0.6 is 0 Å². The van der Waals surface area contributed by atoms with Crippen LogP contribution in [0.15, 0.2) is 18.2 Å². The van der Waals surface area contributed by atoms with Gasteiger partial charge >= 0.3 is 12.1 Å². The minimum atomic E-state index is -3.48. The number of thiol groups is 1. The summed E-state index contributed by atoms with van der Waals surface area (Å²) in [5, 5.41) is 28.9. The van der Waals surface area contributed by atoms with Crippen LogP contribution < -0.4 is 5.43 Å². The maximum absolute atomic E-state index is 12.2. The minimum Gasteiger partial charge on any atom is -0.504 e. The molecule has 1 aromatic carbocycles. The summed E-state index contributed by atoms with van der Waals surface area (Å²) in [5.41, 5.74) is 2.01. The van der Waals surface area contributed by atoms with Gasteiger partial charge in [-0.2, -0.15) is 0 Å². The number of phenols is 2. The number of aromatic hydroxyl groups is 2. The molecule has 0 bridgehead atoms. The van der Waals surface area contributed by atoms with Crippen LogP contribution in [0.4, 0.5) is 4.79 Å². The predicted molar refractivity (Wildman–Crippen MR) is 107 cm³/mol. The number of carbonyl (C=O) groups is 4. The molecular formula is C18H23N3O10S. The Morgan fingerprint density at radius 2 is 1.94 bits per heavy atom. The molecule has 0 aromatic heterocycles. The standard InChI is InChI=1S/C18H23N3O10S/c1-9-6-13(24)21(9)14(16(26)27)18(2,32(29)30)8-31-17(28)20(3)19-15(25)10-4-5-11(22)12(23)7-10/h4-5,7,9,14,22-23,32H,6,8H2,1-3H3,(H,19,25)(H,26,27)/t9-,14+,18+/m1/s1. The number of carboxylic acids is 1. The van der Waals surface area contributed by atoms with E-state index < -0.39 is 69.5 Å². The summed E-state index contributed by atoms with van der Waals surface area (Å²) in [5.74, 6) is -3.99. The van der Waals surface area contributed by atoms with Gasteiger partial charge in [0.15, 0.2) is 28.2 Å². The Morgan fingerprint density at radius 3 is 2.41 bits per heavy atom. The van der Waals surface area contributed by atoms with Gasteiger partial charge in [0.1, 0.15) is 11.4 Å². The molecule has 1 aliphatic heterocycles. The number of β-lactam (4-membered cyclic amide) rings is 1. The van der Waals surface area contributed by atoms with Gasteiger partial charge in [0, 0.05) is 25.1 Å². The van der Waals surface area contributed by atoms with Crippen molar-refractivity contribution < 1.29 is 47.7 Å². The smallest absolute Gasteiger partial charge is 0.428 e. The summed E-state index contributed by atoms with van der Waals surface area (Å²) in [6.45, 7) is 1.70. The maximum atomic E-state index is 12.2. The SMILES string of the molecule is C[C@@H]1CC(=O)N1[C@@H](C(=O)O)[C@](C)(COC(=O)N(C)NC(=O)c1ccc(O)c(O)c1)[SH](=O)=O. The Balaban J connectivity index is 2.11. The molecule has 0 aliphatic carbocycles. The third-order valence-corrected chi connectivity index (χ3v) is 6.23. The molecule has 0 unspecified atom stereocenters. The highest BCUT2D eigenvalue weighted by Crippen LogP contribution is 2.31. The Bertz CT molecular complexity index is 1020. The average Bonchev–Trinajstić information content (AvgIpc) is 2.71. The number of benzene rings is 1. The first kappa shape index (κ1) is 24.7. The number of ether oxygens (including phenoxy) is 1. The number of hydrogen-bond acceptors (Lipinski definition) is 9. The molecule has 0 spiro atoms. The molecule has 1 saturated heterocycles. The Kier molecular flexibility index (Phi) is 7.18. The minimum absolute atomic E-state index is 0.0663. The topological polar surface area (TPSA) is 191 Å². The fourth-order valence-electron chi connectivity index (χ4n) is 3.14. The second kappa shape index (κ2) is 9.30. The number of amides is 3. The maximum Gasteiger partial charge on any atom is 0.428 e. The number of carboxylic acid groups (broad SMARTS) is 1. The van der Waals surface area contributed by atoms with E-state index in [4.69, 9.17) is 4.74 Å². The fraction of sp³-hybridized carbons (Fsp3) is 0.444. The monoisotopic (exact) mass is 473 g/mol. The zero-order chi connectivity index (χ0) is 24.4.